The number of benzene rings is 1. The average Bonchev–Trinajstić information content (AvgIpc) is 2.90. The second-order valence-corrected chi connectivity index (χ2v) is 7.94. The first-order chi connectivity index (χ1) is 10.5. The monoisotopic (exact) mass is 339 g/mol. The van der Waals surface area contributed by atoms with E-state index < -0.39 is 10.0 Å². The predicted octanol–water partition coefficient (Wildman–Crippen LogP) is 2.83. The lowest BCUT2D eigenvalue weighted by Crippen LogP contribution is -2.37. The van der Waals surface area contributed by atoms with Crippen molar-refractivity contribution >= 4 is 21.6 Å². The maximum atomic E-state index is 12.2. The molecule has 1 N–H and O–H groups in total. The van der Waals surface area contributed by atoms with Gasteiger partial charge in [0.15, 0.2) is 0 Å². The van der Waals surface area contributed by atoms with Gasteiger partial charge in [0.1, 0.15) is 5.82 Å². The molecule has 0 spiro atoms. The number of hydrogen-bond donors (Lipinski definition) is 1. The Balaban J connectivity index is 1.85. The smallest absolute Gasteiger partial charge is 0.214 e. The molecule has 0 aliphatic carbocycles. The lowest BCUT2D eigenvalue weighted by Gasteiger charge is -2.25. The van der Waals surface area contributed by atoms with Crippen LogP contribution in [0, 0.1) is 0 Å². The molecule has 22 heavy (non-hydrogen) atoms. The minimum Gasteiger partial charge on any atom is -0.341 e. The van der Waals surface area contributed by atoms with E-state index >= 15 is 0 Å². The fourth-order valence-electron chi connectivity index (χ4n) is 2.64. The highest BCUT2D eigenvalue weighted by Crippen LogP contribution is 2.25. The van der Waals surface area contributed by atoms with Crippen molar-refractivity contribution in [2.75, 3.05) is 12.3 Å². The molecule has 2 aromatic rings. The van der Waals surface area contributed by atoms with Gasteiger partial charge >= 0.3 is 0 Å². The van der Waals surface area contributed by atoms with Gasteiger partial charge in [-0.25, -0.2) is 13.4 Å². The van der Waals surface area contributed by atoms with E-state index in [0.29, 0.717) is 31.0 Å². The van der Waals surface area contributed by atoms with Crippen molar-refractivity contribution < 1.29 is 8.42 Å². The molecular formula is C15H18ClN3O2S. The molecule has 1 aliphatic rings. The van der Waals surface area contributed by atoms with Crippen LogP contribution >= 0.6 is 11.6 Å². The lowest BCUT2D eigenvalue weighted by molar-refractivity contribution is 0.385. The first-order valence-corrected chi connectivity index (χ1v) is 9.30. The second-order valence-electron chi connectivity index (χ2n) is 5.42. The number of aromatic amines is 1. The molecule has 0 saturated carbocycles. The fourth-order valence-corrected chi connectivity index (χ4v) is 4.23. The fraction of sp³-hybridized carbons (Fsp3) is 0.400. The molecule has 1 aliphatic heterocycles. The molecule has 0 radical (unpaired) electrons. The number of imidazole rings is 1. The summed E-state index contributed by atoms with van der Waals surface area (Å²) in [6.45, 7) is 2.75. The van der Waals surface area contributed by atoms with E-state index in [9.17, 15) is 8.42 Å². The Morgan fingerprint density at radius 1 is 1.32 bits per heavy atom. The standard InChI is InChI=1S/C15H18ClN3O2S/c1-2-9-22(20,21)19-8-7-13-14(10-19)18-15(17-13)11-3-5-12(16)6-4-11/h3-6H,2,7-10H2,1H3,(H,17,18). The second kappa shape index (κ2) is 6.02. The van der Waals surface area contributed by atoms with Crippen LogP contribution in [0.1, 0.15) is 24.7 Å². The molecule has 0 saturated heterocycles. The van der Waals surface area contributed by atoms with Crippen LogP contribution < -0.4 is 0 Å². The van der Waals surface area contributed by atoms with Crippen molar-refractivity contribution in [3.63, 3.8) is 0 Å². The quantitative estimate of drug-likeness (QED) is 0.931. The number of nitrogens with one attached hydrogen (secondary N) is 1. The maximum Gasteiger partial charge on any atom is 0.214 e. The Bertz CT molecular complexity index is 769. The molecule has 0 bridgehead atoms. The topological polar surface area (TPSA) is 66.1 Å². The van der Waals surface area contributed by atoms with E-state index in [1.807, 2.05) is 31.2 Å². The summed E-state index contributed by atoms with van der Waals surface area (Å²) in [5.74, 6) is 0.956. The van der Waals surface area contributed by atoms with Crippen molar-refractivity contribution in [2.24, 2.45) is 0 Å². The first-order valence-electron chi connectivity index (χ1n) is 7.31. The highest BCUT2D eigenvalue weighted by molar-refractivity contribution is 7.89. The summed E-state index contributed by atoms with van der Waals surface area (Å²) >= 11 is 5.90. The number of H-pyrrole nitrogens is 1. The summed E-state index contributed by atoms with van der Waals surface area (Å²) in [6.07, 6.45) is 1.27. The van der Waals surface area contributed by atoms with E-state index in [0.717, 1.165) is 22.8 Å². The van der Waals surface area contributed by atoms with E-state index in [1.165, 1.54) is 0 Å². The largest absolute Gasteiger partial charge is 0.341 e. The molecule has 0 fully saturated rings. The zero-order valence-electron chi connectivity index (χ0n) is 12.3. The number of fused-ring (bicyclic) bond motifs is 1. The summed E-state index contributed by atoms with van der Waals surface area (Å²) in [7, 11) is -3.17. The van der Waals surface area contributed by atoms with E-state index in [4.69, 9.17) is 11.6 Å². The highest BCUT2D eigenvalue weighted by atomic mass is 35.5. The highest BCUT2D eigenvalue weighted by Gasteiger charge is 2.28. The third-order valence-electron chi connectivity index (χ3n) is 3.77. The third kappa shape index (κ3) is 3.04. The number of halogens is 1. The predicted molar refractivity (Wildman–Crippen MR) is 87.2 cm³/mol. The zero-order valence-corrected chi connectivity index (χ0v) is 13.9. The van der Waals surface area contributed by atoms with Crippen LogP contribution in [0.4, 0.5) is 0 Å². The van der Waals surface area contributed by atoms with E-state index in [2.05, 4.69) is 9.97 Å². The summed E-state index contributed by atoms with van der Waals surface area (Å²) in [5.41, 5.74) is 2.78. The van der Waals surface area contributed by atoms with Crippen LogP contribution in [0.25, 0.3) is 11.4 Å². The molecule has 3 rings (SSSR count). The first kappa shape index (κ1) is 15.5. The number of aromatic nitrogens is 2. The molecule has 0 atom stereocenters. The molecule has 0 unspecified atom stereocenters. The van der Waals surface area contributed by atoms with Gasteiger partial charge < -0.3 is 4.98 Å². The van der Waals surface area contributed by atoms with Crippen molar-refractivity contribution in [1.29, 1.82) is 0 Å². The van der Waals surface area contributed by atoms with Gasteiger partial charge in [-0.15, -0.1) is 0 Å². The van der Waals surface area contributed by atoms with Crippen LogP contribution in [0.15, 0.2) is 24.3 Å². The van der Waals surface area contributed by atoms with Crippen LogP contribution in [-0.2, 0) is 23.0 Å². The summed E-state index contributed by atoms with van der Waals surface area (Å²) in [6, 6.07) is 7.43. The van der Waals surface area contributed by atoms with Crippen LogP contribution in [0.5, 0.6) is 0 Å². The third-order valence-corrected chi connectivity index (χ3v) is 6.04. The Morgan fingerprint density at radius 2 is 2.05 bits per heavy atom. The SMILES string of the molecule is CCCS(=O)(=O)N1CCc2nc(-c3ccc(Cl)cc3)[nH]c2C1. The molecule has 0 amide bonds. The van der Waals surface area contributed by atoms with Crippen molar-refractivity contribution in [1.82, 2.24) is 14.3 Å². The minimum atomic E-state index is -3.17. The Kier molecular flexibility index (Phi) is 4.25. The van der Waals surface area contributed by atoms with E-state index in [-0.39, 0.29) is 5.75 Å². The van der Waals surface area contributed by atoms with Crippen molar-refractivity contribution in [2.45, 2.75) is 26.3 Å². The number of nitrogens with zero attached hydrogens (tertiary/aromatic N) is 2. The molecule has 2 heterocycles. The van der Waals surface area contributed by atoms with Crippen LogP contribution in [0.3, 0.4) is 0 Å². The average molecular weight is 340 g/mol. The van der Waals surface area contributed by atoms with Gasteiger partial charge in [0.05, 0.1) is 23.7 Å². The van der Waals surface area contributed by atoms with Gasteiger partial charge in [-0.2, -0.15) is 4.31 Å². The van der Waals surface area contributed by atoms with Gasteiger partial charge in [0.25, 0.3) is 0 Å². The van der Waals surface area contributed by atoms with Gasteiger partial charge in [0.2, 0.25) is 10.0 Å². The Hall–Kier alpha value is -1.37. The molecule has 7 heteroatoms. The summed E-state index contributed by atoms with van der Waals surface area (Å²) < 4.78 is 25.9. The minimum absolute atomic E-state index is 0.195. The van der Waals surface area contributed by atoms with Crippen molar-refractivity contribution in [3.05, 3.63) is 40.7 Å². The molecule has 1 aromatic heterocycles. The van der Waals surface area contributed by atoms with Crippen LogP contribution in [0.2, 0.25) is 5.02 Å². The summed E-state index contributed by atoms with van der Waals surface area (Å²) in [5, 5.41) is 0.678. The Labute approximate surface area is 135 Å². The number of hydrogen-bond acceptors (Lipinski definition) is 3. The number of rotatable bonds is 4. The lowest BCUT2D eigenvalue weighted by atomic mass is 10.2. The maximum absolute atomic E-state index is 12.2. The molecule has 118 valence electrons. The van der Waals surface area contributed by atoms with Crippen LogP contribution in [-0.4, -0.2) is 35.0 Å². The normalized spacial score (nSPS) is 15.7. The summed E-state index contributed by atoms with van der Waals surface area (Å²) in [4.78, 5) is 7.85. The molecule has 5 nitrogen and oxygen atoms in total. The zero-order chi connectivity index (χ0) is 15.7. The van der Waals surface area contributed by atoms with E-state index in [1.54, 1.807) is 4.31 Å². The molecule has 1 aromatic carbocycles. The van der Waals surface area contributed by atoms with Gasteiger partial charge in [-0.05, 0) is 30.7 Å². The Morgan fingerprint density at radius 3 is 2.73 bits per heavy atom. The number of sulfonamides is 1. The van der Waals surface area contributed by atoms with Crippen molar-refractivity contribution in [3.8, 4) is 11.4 Å². The molecular weight excluding hydrogens is 322 g/mol. The van der Waals surface area contributed by atoms with Gasteiger partial charge in [-0.1, -0.05) is 18.5 Å². The van der Waals surface area contributed by atoms with Gasteiger partial charge in [0, 0.05) is 23.6 Å². The van der Waals surface area contributed by atoms with Gasteiger partial charge in [-0.3, -0.25) is 0 Å².